The molecule has 0 spiro atoms. The summed E-state index contributed by atoms with van der Waals surface area (Å²) in [5.41, 5.74) is 4.38. The van der Waals surface area contributed by atoms with Gasteiger partial charge in [0, 0.05) is 37.0 Å². The maximum absolute atomic E-state index is 15.8. The predicted molar refractivity (Wildman–Crippen MR) is 189 cm³/mol. The van der Waals surface area contributed by atoms with Crippen LogP contribution in [0.5, 0.6) is 5.75 Å². The van der Waals surface area contributed by atoms with Crippen LogP contribution in [0.3, 0.4) is 0 Å². The molecule has 2 atom stereocenters. The Kier molecular flexibility index (Phi) is 9.74. The Balaban J connectivity index is 1.55. The van der Waals surface area contributed by atoms with Crippen molar-refractivity contribution in [2.45, 2.75) is 104 Å². The fourth-order valence-corrected chi connectivity index (χ4v) is 6.93. The summed E-state index contributed by atoms with van der Waals surface area (Å²) in [5.74, 6) is 0.436. The number of carbonyl (C=O) groups excluding carboxylic acids is 1. The molecule has 3 aliphatic rings. The number of hydrogen-bond donors (Lipinski definition) is 0. The SMILES string of the molecule is COC(=O)[C@@H](OC(C)(C)C)c1c(C)nc2cc3nn2c1N1CCC(C)(CC1)OCCCC[C@H](C)Oc1cc(C)cc(F)c1-c1cccc-3c1. The number of aryl methyl sites for hydroxylation is 2. The van der Waals surface area contributed by atoms with Crippen LogP contribution in [0.1, 0.15) is 89.6 Å². The number of ether oxygens (including phenoxy) is 4. The lowest BCUT2D eigenvalue weighted by Gasteiger charge is -2.41. The van der Waals surface area contributed by atoms with Crippen molar-refractivity contribution in [1.82, 2.24) is 14.6 Å². The molecule has 3 aliphatic heterocycles. The van der Waals surface area contributed by atoms with Crippen LogP contribution in [0.15, 0.2) is 42.5 Å². The molecule has 4 aromatic rings. The van der Waals surface area contributed by atoms with Crippen LogP contribution in [0, 0.1) is 19.7 Å². The van der Waals surface area contributed by atoms with Crippen molar-refractivity contribution in [3.8, 4) is 28.1 Å². The van der Waals surface area contributed by atoms with E-state index < -0.39 is 17.7 Å². The molecule has 9 nitrogen and oxygen atoms in total. The number of fused-ring (bicyclic) bond motifs is 8. The minimum absolute atomic E-state index is 0.0935. The van der Waals surface area contributed by atoms with Gasteiger partial charge in [0.2, 0.25) is 0 Å². The fourth-order valence-electron chi connectivity index (χ4n) is 6.93. The van der Waals surface area contributed by atoms with E-state index in [9.17, 15) is 4.79 Å². The molecule has 2 aromatic heterocycles. The highest BCUT2D eigenvalue weighted by molar-refractivity contribution is 5.81. The van der Waals surface area contributed by atoms with Gasteiger partial charge < -0.3 is 23.8 Å². The van der Waals surface area contributed by atoms with Gasteiger partial charge in [-0.15, -0.1) is 0 Å². The van der Waals surface area contributed by atoms with E-state index in [1.807, 2.05) is 82.5 Å². The van der Waals surface area contributed by atoms with Crippen LogP contribution in [-0.4, -0.2) is 64.7 Å². The summed E-state index contributed by atoms with van der Waals surface area (Å²) in [4.78, 5) is 20.6. The van der Waals surface area contributed by atoms with Crippen molar-refractivity contribution in [2.75, 3.05) is 31.7 Å². The van der Waals surface area contributed by atoms with Gasteiger partial charge in [-0.05, 0) is 110 Å². The third kappa shape index (κ3) is 7.45. The highest BCUT2D eigenvalue weighted by Crippen LogP contribution is 2.40. The lowest BCUT2D eigenvalue weighted by atomic mass is 9.92. The zero-order valence-electron chi connectivity index (χ0n) is 30.1. The standard InChI is InChI=1S/C39H49FN4O5/c1-24-20-29(40)34-28-14-11-13-27(22-28)30-23-32-41-26(3)33(35(37(45)46-8)49-38(4,5)6)36(44(32)42-30)43-17-15-39(7,16-18-43)47-19-10-9-12-25(2)48-31(34)21-24/h11,13-14,20-23,25,35H,9-10,12,15-19H2,1-8H3/t25-,35-/m0/s1. The van der Waals surface area contributed by atoms with Crippen LogP contribution in [0.2, 0.25) is 0 Å². The maximum atomic E-state index is 15.8. The molecule has 0 amide bonds. The van der Waals surface area contributed by atoms with Crippen molar-refractivity contribution in [2.24, 2.45) is 0 Å². The summed E-state index contributed by atoms with van der Waals surface area (Å²) in [6.45, 7) is 15.8. The van der Waals surface area contributed by atoms with Crippen molar-refractivity contribution in [1.29, 1.82) is 0 Å². The minimum atomic E-state index is -1.02. The predicted octanol–water partition coefficient (Wildman–Crippen LogP) is 8.18. The molecule has 5 heterocycles. The van der Waals surface area contributed by atoms with Gasteiger partial charge in [-0.2, -0.15) is 9.61 Å². The fraction of sp³-hybridized carbons (Fsp3) is 0.513. The third-order valence-electron chi connectivity index (χ3n) is 9.50. The molecule has 1 saturated heterocycles. The number of nitrogens with zero attached hydrogens (tertiary/aromatic N) is 4. The number of anilines is 1. The lowest BCUT2D eigenvalue weighted by Crippen LogP contribution is -2.46. The van der Waals surface area contributed by atoms with E-state index in [4.69, 9.17) is 29.0 Å². The summed E-state index contributed by atoms with van der Waals surface area (Å²) in [7, 11) is 1.37. The molecule has 262 valence electrons. The van der Waals surface area contributed by atoms with Crippen LogP contribution in [0.25, 0.3) is 28.0 Å². The number of piperidine rings is 1. The van der Waals surface area contributed by atoms with Gasteiger partial charge in [-0.3, -0.25) is 0 Å². The zero-order chi connectivity index (χ0) is 35.1. The first-order chi connectivity index (χ1) is 23.2. The molecule has 2 aromatic carbocycles. The lowest BCUT2D eigenvalue weighted by molar-refractivity contribution is -0.164. The summed E-state index contributed by atoms with van der Waals surface area (Å²) in [5, 5.41) is 5.11. The van der Waals surface area contributed by atoms with E-state index in [0.717, 1.165) is 49.0 Å². The minimum Gasteiger partial charge on any atom is -0.490 e. The molecule has 0 N–H and O–H groups in total. The molecule has 0 saturated carbocycles. The van der Waals surface area contributed by atoms with E-state index in [-0.39, 0.29) is 17.5 Å². The van der Waals surface area contributed by atoms with Gasteiger partial charge in [-0.25, -0.2) is 14.2 Å². The number of carbonyl (C=O) groups is 1. The monoisotopic (exact) mass is 672 g/mol. The van der Waals surface area contributed by atoms with E-state index >= 15 is 4.39 Å². The normalized spacial score (nSPS) is 20.9. The number of halogens is 1. The molecule has 0 aliphatic carbocycles. The number of benzene rings is 2. The first-order valence-corrected chi connectivity index (χ1v) is 17.4. The van der Waals surface area contributed by atoms with Gasteiger partial charge in [0.25, 0.3) is 0 Å². The molecular formula is C39H49FN4O5. The van der Waals surface area contributed by atoms with Crippen molar-refractivity contribution in [3.05, 3.63) is 65.1 Å². The molecule has 49 heavy (non-hydrogen) atoms. The number of hydrogen-bond acceptors (Lipinski definition) is 8. The molecule has 6 bridgehead atoms. The van der Waals surface area contributed by atoms with E-state index in [0.29, 0.717) is 59.2 Å². The summed E-state index contributed by atoms with van der Waals surface area (Å²) in [6, 6.07) is 13.1. The average molecular weight is 673 g/mol. The number of methoxy groups -OCH3 is 1. The van der Waals surface area contributed by atoms with Crippen molar-refractivity contribution in [3.63, 3.8) is 0 Å². The molecule has 1 fully saturated rings. The zero-order valence-corrected chi connectivity index (χ0v) is 30.1. The Hall–Kier alpha value is -4.02. The Labute approximate surface area is 288 Å². The van der Waals surface area contributed by atoms with Gasteiger partial charge in [0.1, 0.15) is 17.4 Å². The van der Waals surface area contributed by atoms with Gasteiger partial charge in [0.15, 0.2) is 11.8 Å². The summed E-state index contributed by atoms with van der Waals surface area (Å²) < 4.78 is 42.2. The second-order valence-corrected chi connectivity index (χ2v) is 14.8. The Morgan fingerprint density at radius 2 is 1.82 bits per heavy atom. The Morgan fingerprint density at radius 3 is 2.53 bits per heavy atom. The number of aromatic nitrogens is 3. The summed E-state index contributed by atoms with van der Waals surface area (Å²) in [6.07, 6.45) is 3.16. The molecule has 0 radical (unpaired) electrons. The second-order valence-electron chi connectivity index (χ2n) is 14.8. The van der Waals surface area contributed by atoms with Crippen LogP contribution in [0.4, 0.5) is 10.2 Å². The van der Waals surface area contributed by atoms with E-state index in [1.54, 1.807) is 6.07 Å². The molecule has 0 unspecified atom stereocenters. The van der Waals surface area contributed by atoms with E-state index in [2.05, 4.69) is 11.8 Å². The largest absolute Gasteiger partial charge is 0.490 e. The molecular weight excluding hydrogens is 623 g/mol. The smallest absolute Gasteiger partial charge is 0.339 e. The van der Waals surface area contributed by atoms with Gasteiger partial charge in [-0.1, -0.05) is 18.2 Å². The second kappa shape index (κ2) is 13.7. The topological polar surface area (TPSA) is 87.4 Å². The van der Waals surface area contributed by atoms with Crippen LogP contribution >= 0.6 is 0 Å². The highest BCUT2D eigenvalue weighted by Gasteiger charge is 2.38. The first kappa shape index (κ1) is 34.8. The number of esters is 1. The number of rotatable bonds is 3. The maximum Gasteiger partial charge on any atom is 0.339 e. The Bertz CT molecular complexity index is 1840. The van der Waals surface area contributed by atoms with Gasteiger partial charge >= 0.3 is 5.97 Å². The Morgan fingerprint density at radius 1 is 1.08 bits per heavy atom. The molecule has 7 rings (SSSR count). The van der Waals surface area contributed by atoms with Gasteiger partial charge in [0.05, 0.1) is 41.2 Å². The average Bonchev–Trinajstić information content (AvgIpc) is 3.46. The third-order valence-corrected chi connectivity index (χ3v) is 9.50. The first-order valence-electron chi connectivity index (χ1n) is 17.4. The molecule has 10 heteroatoms. The quantitative estimate of drug-likeness (QED) is 0.202. The highest BCUT2D eigenvalue weighted by atomic mass is 19.1. The van der Waals surface area contributed by atoms with Crippen LogP contribution in [-0.2, 0) is 19.0 Å². The van der Waals surface area contributed by atoms with E-state index in [1.165, 1.54) is 7.11 Å². The van der Waals surface area contributed by atoms with Crippen molar-refractivity contribution >= 4 is 17.4 Å². The van der Waals surface area contributed by atoms with Crippen molar-refractivity contribution < 1.29 is 28.1 Å². The van der Waals surface area contributed by atoms with Crippen LogP contribution < -0.4 is 9.64 Å². The summed E-state index contributed by atoms with van der Waals surface area (Å²) >= 11 is 0.